The van der Waals surface area contributed by atoms with Crippen LogP contribution in [0.1, 0.15) is 34.9 Å². The van der Waals surface area contributed by atoms with Gasteiger partial charge < -0.3 is 5.32 Å². The van der Waals surface area contributed by atoms with E-state index in [2.05, 4.69) is 33.8 Å². The van der Waals surface area contributed by atoms with Crippen LogP contribution in [0, 0.1) is 24.2 Å². The van der Waals surface area contributed by atoms with Gasteiger partial charge in [-0.05, 0) is 59.7 Å². The topological polar surface area (TPSA) is 96.5 Å². The van der Waals surface area contributed by atoms with Crippen LogP contribution in [0.25, 0.3) is 5.69 Å². The molecule has 29 heavy (non-hydrogen) atoms. The van der Waals surface area contributed by atoms with Crippen LogP contribution in [-0.2, 0) is 17.6 Å². The van der Waals surface area contributed by atoms with Crippen LogP contribution in [0.2, 0.25) is 0 Å². The number of hydrogen-bond donors (Lipinski definition) is 1. The number of anilines is 1. The highest BCUT2D eigenvalue weighted by molar-refractivity contribution is 7.99. The Morgan fingerprint density at radius 3 is 3.07 bits per heavy atom. The van der Waals surface area contributed by atoms with Crippen molar-refractivity contribution < 1.29 is 4.79 Å². The summed E-state index contributed by atoms with van der Waals surface area (Å²) in [7, 11) is 0. The summed E-state index contributed by atoms with van der Waals surface area (Å²) in [6.07, 6.45) is 2.97. The molecule has 7 nitrogen and oxygen atoms in total. The number of para-hydroxylation sites is 1. The summed E-state index contributed by atoms with van der Waals surface area (Å²) in [6.45, 7) is 4.21. The van der Waals surface area contributed by atoms with E-state index in [-0.39, 0.29) is 11.7 Å². The fourth-order valence-electron chi connectivity index (χ4n) is 3.47. The first-order chi connectivity index (χ1) is 14.1. The van der Waals surface area contributed by atoms with Gasteiger partial charge in [0, 0.05) is 4.88 Å². The number of nitriles is 1. The normalized spacial score (nSPS) is 15.6. The number of hydrogen-bond acceptors (Lipinski definition) is 7. The number of nitrogens with one attached hydrogen (secondary N) is 1. The number of thiophene rings is 1. The lowest BCUT2D eigenvalue weighted by Gasteiger charge is -2.17. The Balaban J connectivity index is 1.46. The second-order valence-corrected chi connectivity index (χ2v) is 9.21. The predicted octanol–water partition coefficient (Wildman–Crippen LogP) is 3.76. The molecule has 0 aliphatic heterocycles. The number of aryl methyl sites for hydroxylation is 1. The number of carbonyl (C=O) groups excluding carboxylic acids is 1. The van der Waals surface area contributed by atoms with E-state index in [4.69, 9.17) is 0 Å². The van der Waals surface area contributed by atoms with Crippen LogP contribution < -0.4 is 5.32 Å². The summed E-state index contributed by atoms with van der Waals surface area (Å²) in [6, 6.07) is 10.1. The van der Waals surface area contributed by atoms with E-state index in [1.54, 1.807) is 4.68 Å². The molecule has 0 fully saturated rings. The lowest BCUT2D eigenvalue weighted by molar-refractivity contribution is -0.113. The molecule has 1 atom stereocenters. The molecule has 2 heterocycles. The average Bonchev–Trinajstić information content (AvgIpc) is 3.30. The molecule has 1 unspecified atom stereocenters. The Bertz CT molecular complexity index is 1100. The third kappa shape index (κ3) is 4.04. The summed E-state index contributed by atoms with van der Waals surface area (Å²) >= 11 is 2.80. The fourth-order valence-corrected chi connectivity index (χ4v) is 5.53. The first kappa shape index (κ1) is 19.6. The number of nitrogens with zero attached hydrogens (tertiary/aromatic N) is 5. The minimum absolute atomic E-state index is 0.163. The van der Waals surface area contributed by atoms with Gasteiger partial charge in [0.05, 0.1) is 17.0 Å². The number of fused-ring (bicyclic) bond motifs is 1. The van der Waals surface area contributed by atoms with Crippen LogP contribution in [0.4, 0.5) is 5.00 Å². The Morgan fingerprint density at radius 2 is 2.28 bits per heavy atom. The number of thioether (sulfide) groups is 1. The van der Waals surface area contributed by atoms with Crippen molar-refractivity contribution in [3.8, 4) is 11.8 Å². The maximum Gasteiger partial charge on any atom is 0.235 e. The van der Waals surface area contributed by atoms with Crippen LogP contribution >= 0.6 is 23.1 Å². The molecule has 0 radical (unpaired) electrons. The lowest BCUT2D eigenvalue weighted by atomic mass is 9.89. The van der Waals surface area contributed by atoms with Crippen molar-refractivity contribution in [3.05, 3.63) is 45.8 Å². The molecule has 4 rings (SSSR count). The Morgan fingerprint density at radius 1 is 1.45 bits per heavy atom. The number of rotatable bonds is 5. The molecule has 3 aromatic rings. The van der Waals surface area contributed by atoms with E-state index in [9.17, 15) is 10.1 Å². The molecular weight excluding hydrogens is 404 g/mol. The van der Waals surface area contributed by atoms with Crippen molar-refractivity contribution in [2.24, 2.45) is 5.92 Å². The number of tetrazole rings is 1. The van der Waals surface area contributed by atoms with Crippen LogP contribution in [-0.4, -0.2) is 31.9 Å². The van der Waals surface area contributed by atoms with Gasteiger partial charge in [-0.2, -0.15) is 9.94 Å². The number of carbonyl (C=O) groups is 1. The SMILES string of the molecule is Cc1ccccc1-n1nnnc1SCC(=O)Nc1sc2c(c1C#N)CCC(C)C2. The zero-order valence-electron chi connectivity index (χ0n) is 16.2. The zero-order chi connectivity index (χ0) is 20.4. The number of amides is 1. The molecule has 2 aromatic heterocycles. The molecule has 0 bridgehead atoms. The van der Waals surface area contributed by atoms with E-state index in [0.717, 1.165) is 36.1 Å². The molecule has 1 N–H and O–H groups in total. The first-order valence-electron chi connectivity index (χ1n) is 9.38. The quantitative estimate of drug-likeness (QED) is 0.627. The van der Waals surface area contributed by atoms with Crippen LogP contribution in [0.3, 0.4) is 0 Å². The molecule has 148 valence electrons. The first-order valence-corrected chi connectivity index (χ1v) is 11.2. The highest BCUT2D eigenvalue weighted by Crippen LogP contribution is 2.39. The second-order valence-electron chi connectivity index (χ2n) is 7.16. The lowest BCUT2D eigenvalue weighted by Crippen LogP contribution is -2.15. The Labute approximate surface area is 177 Å². The third-order valence-corrected chi connectivity index (χ3v) is 7.08. The molecule has 1 aromatic carbocycles. The van der Waals surface area contributed by atoms with Gasteiger partial charge in [0.1, 0.15) is 11.1 Å². The van der Waals surface area contributed by atoms with Crippen molar-refractivity contribution in [2.45, 2.75) is 38.3 Å². The molecule has 1 amide bonds. The largest absolute Gasteiger partial charge is 0.316 e. The van der Waals surface area contributed by atoms with Gasteiger partial charge >= 0.3 is 0 Å². The van der Waals surface area contributed by atoms with Crippen molar-refractivity contribution in [1.29, 1.82) is 5.26 Å². The monoisotopic (exact) mass is 424 g/mol. The maximum atomic E-state index is 12.6. The number of aromatic nitrogens is 4. The molecule has 0 spiro atoms. The van der Waals surface area contributed by atoms with Crippen molar-refractivity contribution in [2.75, 3.05) is 11.1 Å². The minimum atomic E-state index is -0.169. The molecule has 0 saturated carbocycles. The molecule has 9 heteroatoms. The fraction of sp³-hybridized carbons (Fsp3) is 0.350. The summed E-state index contributed by atoms with van der Waals surface area (Å²) in [4.78, 5) is 13.8. The molecule has 1 aliphatic rings. The molecular formula is C20H20N6OS2. The Hall–Kier alpha value is -2.70. The van der Waals surface area contributed by atoms with Crippen molar-refractivity contribution in [1.82, 2.24) is 20.2 Å². The maximum absolute atomic E-state index is 12.6. The van der Waals surface area contributed by atoms with Gasteiger partial charge in [0.25, 0.3) is 0 Å². The zero-order valence-corrected chi connectivity index (χ0v) is 17.8. The summed E-state index contributed by atoms with van der Waals surface area (Å²) in [5, 5.41) is 25.6. The summed E-state index contributed by atoms with van der Waals surface area (Å²) in [5.41, 5.74) is 3.66. The van der Waals surface area contributed by atoms with Gasteiger partial charge in [-0.15, -0.1) is 16.4 Å². The van der Waals surface area contributed by atoms with Crippen molar-refractivity contribution in [3.63, 3.8) is 0 Å². The van der Waals surface area contributed by atoms with Gasteiger partial charge in [-0.25, -0.2) is 0 Å². The summed E-state index contributed by atoms with van der Waals surface area (Å²) in [5.74, 6) is 0.611. The highest BCUT2D eigenvalue weighted by Gasteiger charge is 2.24. The smallest absolute Gasteiger partial charge is 0.235 e. The highest BCUT2D eigenvalue weighted by atomic mass is 32.2. The van der Waals surface area contributed by atoms with Crippen LogP contribution in [0.15, 0.2) is 29.4 Å². The molecule has 1 aliphatic carbocycles. The summed E-state index contributed by atoms with van der Waals surface area (Å²) < 4.78 is 1.64. The average molecular weight is 425 g/mol. The molecule has 0 saturated heterocycles. The van der Waals surface area contributed by atoms with E-state index in [1.165, 1.54) is 28.0 Å². The van der Waals surface area contributed by atoms with Gasteiger partial charge in [-0.3, -0.25) is 4.79 Å². The predicted molar refractivity (Wildman–Crippen MR) is 113 cm³/mol. The van der Waals surface area contributed by atoms with E-state index in [1.807, 2.05) is 31.2 Å². The van der Waals surface area contributed by atoms with Crippen molar-refractivity contribution >= 4 is 34.0 Å². The Kier molecular flexibility index (Phi) is 5.65. The van der Waals surface area contributed by atoms with E-state index in [0.29, 0.717) is 21.6 Å². The minimum Gasteiger partial charge on any atom is -0.316 e. The number of benzene rings is 1. The van der Waals surface area contributed by atoms with E-state index < -0.39 is 0 Å². The van der Waals surface area contributed by atoms with Gasteiger partial charge in [-0.1, -0.05) is 36.9 Å². The van der Waals surface area contributed by atoms with Gasteiger partial charge in [0.2, 0.25) is 11.1 Å². The van der Waals surface area contributed by atoms with Crippen LogP contribution in [0.5, 0.6) is 0 Å². The third-order valence-electron chi connectivity index (χ3n) is 4.99. The van der Waals surface area contributed by atoms with Gasteiger partial charge in [0.15, 0.2) is 0 Å². The standard InChI is InChI=1S/C20H20N6OS2/c1-12-7-8-14-15(10-21)19(29-17(14)9-12)22-18(27)11-28-20-23-24-25-26(20)16-6-4-3-5-13(16)2/h3-6,12H,7-9,11H2,1-2H3,(H,22,27). The second kappa shape index (κ2) is 8.35. The van der Waals surface area contributed by atoms with E-state index >= 15 is 0 Å².